The van der Waals surface area contributed by atoms with Crippen LogP contribution in [0.15, 0.2) is 0 Å². The highest BCUT2D eigenvalue weighted by molar-refractivity contribution is 5.92. The van der Waals surface area contributed by atoms with E-state index in [9.17, 15) is 9.59 Å². The minimum absolute atomic E-state index is 0.0281. The molecule has 1 heterocycles. The molecule has 0 aromatic heterocycles. The van der Waals surface area contributed by atoms with E-state index in [0.29, 0.717) is 13.3 Å². The molecule has 6 heteroatoms. The van der Waals surface area contributed by atoms with Gasteiger partial charge in [0, 0.05) is 12.6 Å². The van der Waals surface area contributed by atoms with E-state index >= 15 is 0 Å². The van der Waals surface area contributed by atoms with Gasteiger partial charge in [0.25, 0.3) is 0 Å². The number of nitrogens with zero attached hydrogens (tertiary/aromatic N) is 1. The molecular formula is C11H19NO5. The second-order valence-corrected chi connectivity index (χ2v) is 4.26. The van der Waals surface area contributed by atoms with Gasteiger partial charge in [0.1, 0.15) is 0 Å². The van der Waals surface area contributed by atoms with Crippen molar-refractivity contribution in [2.45, 2.75) is 32.2 Å². The van der Waals surface area contributed by atoms with Crippen LogP contribution in [0, 0.1) is 5.92 Å². The van der Waals surface area contributed by atoms with Crippen molar-refractivity contribution in [1.82, 2.24) is 4.90 Å². The van der Waals surface area contributed by atoms with Gasteiger partial charge in [-0.25, -0.2) is 0 Å². The van der Waals surface area contributed by atoms with E-state index in [0.717, 1.165) is 19.4 Å². The van der Waals surface area contributed by atoms with Gasteiger partial charge in [0.05, 0.1) is 13.3 Å². The number of carboxylic acid groups (broad SMARTS) is 2. The van der Waals surface area contributed by atoms with Crippen molar-refractivity contribution in [1.29, 1.82) is 0 Å². The Bertz CT molecular complexity index is 261. The second kappa shape index (κ2) is 6.56. The fourth-order valence-electron chi connectivity index (χ4n) is 2.08. The monoisotopic (exact) mass is 245 g/mol. The molecule has 17 heavy (non-hydrogen) atoms. The minimum atomic E-state index is -1.33. The molecule has 1 atom stereocenters. The predicted molar refractivity (Wildman–Crippen MR) is 59.6 cm³/mol. The third-order valence-corrected chi connectivity index (χ3v) is 3.02. The number of ether oxygens (including phenoxy) is 1. The first-order chi connectivity index (χ1) is 8.06. The number of hydrogen-bond acceptors (Lipinski definition) is 4. The summed E-state index contributed by atoms with van der Waals surface area (Å²) in [6, 6.07) is -0.0281. The Morgan fingerprint density at radius 3 is 2.41 bits per heavy atom. The van der Waals surface area contributed by atoms with Crippen molar-refractivity contribution in [3.63, 3.8) is 0 Å². The predicted octanol–water partition coefficient (Wildman–Crippen LogP) is 0.620. The van der Waals surface area contributed by atoms with Crippen molar-refractivity contribution in [3.8, 4) is 0 Å². The van der Waals surface area contributed by atoms with Crippen LogP contribution in [0.5, 0.6) is 0 Å². The molecule has 1 unspecified atom stereocenters. The molecule has 1 rings (SSSR count). The first-order valence-electron chi connectivity index (χ1n) is 5.83. The molecule has 0 saturated carbocycles. The summed E-state index contributed by atoms with van der Waals surface area (Å²) in [5, 5.41) is 17.7. The summed E-state index contributed by atoms with van der Waals surface area (Å²) in [7, 11) is 0. The molecule has 0 spiro atoms. The van der Waals surface area contributed by atoms with E-state index in [-0.39, 0.29) is 12.5 Å². The molecule has 0 bridgehead atoms. The lowest BCUT2D eigenvalue weighted by Gasteiger charge is -2.27. The van der Waals surface area contributed by atoms with Gasteiger partial charge < -0.3 is 14.9 Å². The zero-order valence-corrected chi connectivity index (χ0v) is 9.96. The van der Waals surface area contributed by atoms with Crippen LogP contribution in [0.1, 0.15) is 26.2 Å². The Balaban J connectivity index is 2.63. The molecule has 0 aromatic carbocycles. The molecule has 98 valence electrons. The van der Waals surface area contributed by atoms with E-state index in [4.69, 9.17) is 14.9 Å². The number of rotatable bonds is 7. The summed E-state index contributed by atoms with van der Waals surface area (Å²) in [5.41, 5.74) is 0. The highest BCUT2D eigenvalue weighted by Gasteiger charge is 2.32. The second-order valence-electron chi connectivity index (χ2n) is 4.26. The van der Waals surface area contributed by atoms with Crippen molar-refractivity contribution < 1.29 is 24.5 Å². The van der Waals surface area contributed by atoms with Crippen LogP contribution in [0.3, 0.4) is 0 Å². The van der Waals surface area contributed by atoms with E-state index in [1.807, 2.05) is 11.8 Å². The van der Waals surface area contributed by atoms with Crippen LogP contribution in [-0.2, 0) is 14.3 Å². The Morgan fingerprint density at radius 1 is 1.35 bits per heavy atom. The Morgan fingerprint density at radius 2 is 2.00 bits per heavy atom. The standard InChI is InChI=1S/C11H19NO5/c1-2-3-8(12-4-5-17-7-12)6-9(10(13)14)11(15)16/h8-9H,2-7H2,1H3,(H,13,14)(H,15,16). The molecule has 2 N–H and O–H groups in total. The number of carbonyl (C=O) groups is 2. The fraction of sp³-hybridized carbons (Fsp3) is 0.818. The summed E-state index contributed by atoms with van der Waals surface area (Å²) >= 11 is 0. The zero-order valence-electron chi connectivity index (χ0n) is 9.96. The van der Waals surface area contributed by atoms with Crippen LogP contribution >= 0.6 is 0 Å². The molecular weight excluding hydrogens is 226 g/mol. The highest BCUT2D eigenvalue weighted by atomic mass is 16.5. The first-order valence-corrected chi connectivity index (χ1v) is 5.83. The number of hydrogen-bond donors (Lipinski definition) is 2. The average molecular weight is 245 g/mol. The lowest BCUT2D eigenvalue weighted by Crippen LogP contribution is -2.38. The molecule has 6 nitrogen and oxygen atoms in total. The quantitative estimate of drug-likeness (QED) is 0.639. The van der Waals surface area contributed by atoms with Crippen LogP contribution < -0.4 is 0 Å². The molecule has 0 amide bonds. The fourth-order valence-corrected chi connectivity index (χ4v) is 2.08. The highest BCUT2D eigenvalue weighted by Crippen LogP contribution is 2.19. The van der Waals surface area contributed by atoms with Gasteiger partial charge in [-0.05, 0) is 12.8 Å². The van der Waals surface area contributed by atoms with Crippen LogP contribution in [0.4, 0.5) is 0 Å². The normalized spacial score (nSPS) is 18.5. The number of aliphatic carboxylic acids is 2. The topological polar surface area (TPSA) is 87.1 Å². The zero-order chi connectivity index (χ0) is 12.8. The van der Waals surface area contributed by atoms with Crippen molar-refractivity contribution >= 4 is 11.9 Å². The largest absolute Gasteiger partial charge is 0.481 e. The maximum Gasteiger partial charge on any atom is 0.317 e. The van der Waals surface area contributed by atoms with Gasteiger partial charge in [0.2, 0.25) is 0 Å². The average Bonchev–Trinajstić information content (AvgIpc) is 2.76. The van der Waals surface area contributed by atoms with E-state index in [1.54, 1.807) is 0 Å². The third-order valence-electron chi connectivity index (χ3n) is 3.02. The Labute approximate surface area is 100 Å². The van der Waals surface area contributed by atoms with Crippen molar-refractivity contribution in [3.05, 3.63) is 0 Å². The van der Waals surface area contributed by atoms with Crippen molar-refractivity contribution in [2.24, 2.45) is 5.92 Å². The van der Waals surface area contributed by atoms with Gasteiger partial charge in [-0.2, -0.15) is 0 Å². The SMILES string of the molecule is CCCC(CC(C(=O)O)C(=O)O)N1CCOC1. The Kier molecular flexibility index (Phi) is 5.37. The van der Waals surface area contributed by atoms with Gasteiger partial charge in [-0.3, -0.25) is 14.5 Å². The molecule has 0 aliphatic carbocycles. The smallest absolute Gasteiger partial charge is 0.317 e. The maximum absolute atomic E-state index is 10.9. The van der Waals surface area contributed by atoms with Crippen molar-refractivity contribution in [2.75, 3.05) is 19.9 Å². The van der Waals surface area contributed by atoms with E-state index in [2.05, 4.69) is 0 Å². The first kappa shape index (κ1) is 13.9. The van der Waals surface area contributed by atoms with E-state index < -0.39 is 17.9 Å². The lowest BCUT2D eigenvalue weighted by molar-refractivity contribution is -0.155. The molecule has 1 aliphatic heterocycles. The van der Waals surface area contributed by atoms with Crippen LogP contribution in [-0.4, -0.2) is 53.0 Å². The van der Waals surface area contributed by atoms with E-state index in [1.165, 1.54) is 0 Å². The summed E-state index contributed by atoms with van der Waals surface area (Å²) in [6.45, 7) is 3.85. The summed E-state index contributed by atoms with van der Waals surface area (Å²) in [5.74, 6) is -3.86. The Hall–Kier alpha value is -1.14. The molecule has 0 aromatic rings. The minimum Gasteiger partial charge on any atom is -0.481 e. The molecule has 1 fully saturated rings. The van der Waals surface area contributed by atoms with Gasteiger partial charge >= 0.3 is 11.9 Å². The molecule has 1 aliphatic rings. The van der Waals surface area contributed by atoms with Gasteiger partial charge in [-0.1, -0.05) is 13.3 Å². The number of carboxylic acids is 2. The maximum atomic E-state index is 10.9. The molecule has 0 radical (unpaired) electrons. The molecule has 1 saturated heterocycles. The van der Waals surface area contributed by atoms with Gasteiger partial charge in [0.15, 0.2) is 5.92 Å². The summed E-state index contributed by atoms with van der Waals surface area (Å²) < 4.78 is 5.22. The van der Waals surface area contributed by atoms with Crippen LogP contribution in [0.25, 0.3) is 0 Å². The summed E-state index contributed by atoms with van der Waals surface area (Å²) in [6.07, 6.45) is 1.83. The third kappa shape index (κ3) is 3.98. The summed E-state index contributed by atoms with van der Waals surface area (Å²) in [4.78, 5) is 23.7. The lowest BCUT2D eigenvalue weighted by atomic mass is 9.96. The van der Waals surface area contributed by atoms with Crippen LogP contribution in [0.2, 0.25) is 0 Å². The van der Waals surface area contributed by atoms with Gasteiger partial charge in [-0.15, -0.1) is 0 Å².